The van der Waals surface area contributed by atoms with E-state index < -0.39 is 0 Å². The van der Waals surface area contributed by atoms with Gasteiger partial charge in [0.15, 0.2) is 16.8 Å². The number of hydrogen-bond donors (Lipinski definition) is 2. The van der Waals surface area contributed by atoms with Crippen LogP contribution in [0.25, 0.3) is 28.0 Å². The van der Waals surface area contributed by atoms with Crippen LogP contribution in [0.1, 0.15) is 27.9 Å². The van der Waals surface area contributed by atoms with E-state index in [9.17, 15) is 9.59 Å². The van der Waals surface area contributed by atoms with Crippen molar-refractivity contribution in [1.82, 2.24) is 19.7 Å². The standard InChI is InChI=1S/C28H23N5O2S/c1-17-6-2-5-9-24(17)33-27(21-15-29-23-8-4-3-7-20(21)23)31-32-28(33)36-16-25(34)19-10-12-22-18(14-19)11-13-26(35)30-22/h2-10,12,14-15,29H,11,13,16H2,1H3,(H,30,35). The summed E-state index contributed by atoms with van der Waals surface area (Å²) in [4.78, 5) is 28.1. The summed E-state index contributed by atoms with van der Waals surface area (Å²) in [5.41, 5.74) is 6.46. The fourth-order valence-corrected chi connectivity index (χ4v) is 5.44. The predicted octanol–water partition coefficient (Wildman–Crippen LogP) is 5.58. The molecule has 2 aromatic heterocycles. The highest BCUT2D eigenvalue weighted by molar-refractivity contribution is 7.99. The third kappa shape index (κ3) is 3.99. The fraction of sp³-hybridized carbons (Fsp3) is 0.143. The van der Waals surface area contributed by atoms with Crippen LogP contribution in [-0.4, -0.2) is 37.2 Å². The number of H-pyrrole nitrogens is 1. The second-order valence-corrected chi connectivity index (χ2v) is 9.75. The lowest BCUT2D eigenvalue weighted by molar-refractivity contribution is -0.116. The van der Waals surface area contributed by atoms with E-state index in [1.807, 2.05) is 59.3 Å². The molecule has 8 heteroatoms. The molecule has 178 valence electrons. The van der Waals surface area contributed by atoms with Crippen molar-refractivity contribution in [3.63, 3.8) is 0 Å². The molecule has 0 bridgehead atoms. The number of aromatic nitrogens is 4. The highest BCUT2D eigenvalue weighted by Gasteiger charge is 2.22. The van der Waals surface area contributed by atoms with Crippen LogP contribution in [0, 0.1) is 6.92 Å². The van der Waals surface area contributed by atoms with Gasteiger partial charge in [-0.25, -0.2) is 0 Å². The summed E-state index contributed by atoms with van der Waals surface area (Å²) < 4.78 is 2.03. The van der Waals surface area contributed by atoms with E-state index in [4.69, 9.17) is 0 Å². The zero-order chi connectivity index (χ0) is 24.6. The minimum absolute atomic E-state index is 0.00711. The van der Waals surface area contributed by atoms with Crippen molar-refractivity contribution in [2.24, 2.45) is 0 Å². The van der Waals surface area contributed by atoms with Gasteiger partial charge >= 0.3 is 0 Å². The molecule has 0 radical (unpaired) electrons. The summed E-state index contributed by atoms with van der Waals surface area (Å²) >= 11 is 1.37. The number of Topliss-reactive ketones (excluding diaryl/α,β-unsaturated/α-hetero) is 1. The first-order valence-electron chi connectivity index (χ1n) is 11.7. The third-order valence-electron chi connectivity index (χ3n) is 6.47. The highest BCUT2D eigenvalue weighted by atomic mass is 32.2. The Morgan fingerprint density at radius 2 is 1.86 bits per heavy atom. The van der Waals surface area contributed by atoms with E-state index in [1.54, 1.807) is 6.07 Å². The Morgan fingerprint density at radius 3 is 2.75 bits per heavy atom. The van der Waals surface area contributed by atoms with Crippen LogP contribution >= 0.6 is 11.8 Å². The second kappa shape index (κ2) is 9.13. The first kappa shape index (κ1) is 22.3. The van der Waals surface area contributed by atoms with E-state index >= 15 is 0 Å². The zero-order valence-corrected chi connectivity index (χ0v) is 20.4. The molecule has 0 fully saturated rings. The SMILES string of the molecule is Cc1ccccc1-n1c(SCC(=O)c2ccc3c(c2)CCC(=O)N3)nnc1-c1c[nH]c2ccccc12. The number of benzene rings is 3. The lowest BCUT2D eigenvalue weighted by atomic mass is 9.99. The Balaban J connectivity index is 1.34. The van der Waals surface area contributed by atoms with Gasteiger partial charge in [-0.15, -0.1) is 10.2 Å². The molecule has 2 N–H and O–H groups in total. The van der Waals surface area contributed by atoms with E-state index in [0.717, 1.165) is 44.8 Å². The summed E-state index contributed by atoms with van der Waals surface area (Å²) in [5, 5.41) is 13.6. The van der Waals surface area contributed by atoms with Crippen molar-refractivity contribution >= 4 is 40.0 Å². The summed E-state index contributed by atoms with van der Waals surface area (Å²) in [6.45, 7) is 2.06. The van der Waals surface area contributed by atoms with E-state index in [1.165, 1.54) is 11.8 Å². The van der Waals surface area contributed by atoms with Gasteiger partial charge in [0.25, 0.3) is 0 Å². The van der Waals surface area contributed by atoms with Gasteiger partial charge in [0.1, 0.15) is 0 Å². The Kier molecular flexibility index (Phi) is 5.65. The number of ketones is 1. The molecule has 3 heterocycles. The third-order valence-corrected chi connectivity index (χ3v) is 7.40. The first-order valence-corrected chi connectivity index (χ1v) is 12.7. The number of anilines is 1. The van der Waals surface area contributed by atoms with Crippen LogP contribution in [0.2, 0.25) is 0 Å². The molecule has 36 heavy (non-hydrogen) atoms. The Bertz CT molecular complexity index is 1630. The van der Waals surface area contributed by atoms with Crippen molar-refractivity contribution in [3.05, 3.63) is 89.6 Å². The molecule has 0 spiro atoms. The zero-order valence-electron chi connectivity index (χ0n) is 19.6. The monoisotopic (exact) mass is 493 g/mol. The van der Waals surface area contributed by atoms with Crippen molar-refractivity contribution in [3.8, 4) is 17.1 Å². The average Bonchev–Trinajstić information content (AvgIpc) is 3.51. The van der Waals surface area contributed by atoms with Gasteiger partial charge < -0.3 is 10.3 Å². The number of hydrogen-bond acceptors (Lipinski definition) is 5. The number of carbonyl (C=O) groups excluding carboxylic acids is 2. The maximum Gasteiger partial charge on any atom is 0.224 e. The highest BCUT2D eigenvalue weighted by Crippen LogP contribution is 2.33. The lowest BCUT2D eigenvalue weighted by Gasteiger charge is -2.17. The van der Waals surface area contributed by atoms with Gasteiger partial charge in [-0.3, -0.25) is 14.2 Å². The molecule has 0 saturated heterocycles. The number of para-hydroxylation sites is 2. The summed E-state index contributed by atoms with van der Waals surface area (Å²) in [7, 11) is 0. The predicted molar refractivity (Wildman–Crippen MR) is 142 cm³/mol. The van der Waals surface area contributed by atoms with Crippen molar-refractivity contribution < 1.29 is 9.59 Å². The summed E-state index contributed by atoms with van der Waals surface area (Å²) in [6.07, 6.45) is 3.04. The molecule has 1 amide bonds. The Hall–Kier alpha value is -4.17. The number of aromatic amines is 1. The van der Waals surface area contributed by atoms with Gasteiger partial charge in [-0.1, -0.05) is 48.2 Å². The molecule has 5 aromatic rings. The number of rotatable bonds is 6. The van der Waals surface area contributed by atoms with Crippen molar-refractivity contribution in [2.45, 2.75) is 24.9 Å². The number of thioether (sulfide) groups is 1. The second-order valence-electron chi connectivity index (χ2n) is 8.81. The van der Waals surface area contributed by atoms with Gasteiger partial charge in [0.05, 0.1) is 11.4 Å². The number of nitrogens with one attached hydrogen (secondary N) is 2. The largest absolute Gasteiger partial charge is 0.360 e. The molecule has 0 aliphatic carbocycles. The van der Waals surface area contributed by atoms with Gasteiger partial charge in [-0.05, 0) is 54.8 Å². The van der Waals surface area contributed by atoms with Gasteiger partial charge in [0.2, 0.25) is 5.91 Å². The molecule has 0 unspecified atom stereocenters. The van der Waals surface area contributed by atoms with Crippen molar-refractivity contribution in [1.29, 1.82) is 0 Å². The number of amides is 1. The van der Waals surface area contributed by atoms with Crippen LogP contribution in [-0.2, 0) is 11.2 Å². The topological polar surface area (TPSA) is 92.7 Å². The first-order chi connectivity index (χ1) is 17.6. The lowest BCUT2D eigenvalue weighted by Crippen LogP contribution is -2.19. The molecule has 6 rings (SSSR count). The number of fused-ring (bicyclic) bond motifs is 2. The van der Waals surface area contributed by atoms with E-state index in [2.05, 4.69) is 39.6 Å². The van der Waals surface area contributed by atoms with Crippen LogP contribution in [0.3, 0.4) is 0 Å². The maximum atomic E-state index is 13.1. The van der Waals surface area contributed by atoms with Crippen LogP contribution < -0.4 is 5.32 Å². The van der Waals surface area contributed by atoms with Crippen LogP contribution in [0.15, 0.2) is 78.1 Å². The molecule has 1 aliphatic rings. The molecular formula is C28H23N5O2S. The smallest absolute Gasteiger partial charge is 0.224 e. The normalized spacial score (nSPS) is 13.0. The van der Waals surface area contributed by atoms with E-state index in [0.29, 0.717) is 23.6 Å². The molecule has 7 nitrogen and oxygen atoms in total. The number of aryl methyl sites for hydroxylation is 2. The molecular weight excluding hydrogens is 470 g/mol. The van der Waals surface area contributed by atoms with Gasteiger partial charge in [-0.2, -0.15) is 0 Å². The van der Waals surface area contributed by atoms with Crippen LogP contribution in [0.4, 0.5) is 5.69 Å². The number of carbonyl (C=O) groups is 2. The summed E-state index contributed by atoms with van der Waals surface area (Å²) in [5.74, 6) is 0.968. The molecule has 1 aliphatic heterocycles. The minimum Gasteiger partial charge on any atom is -0.360 e. The maximum absolute atomic E-state index is 13.1. The van der Waals surface area contributed by atoms with Crippen molar-refractivity contribution in [2.75, 3.05) is 11.1 Å². The minimum atomic E-state index is 0.00711. The van der Waals surface area contributed by atoms with Crippen LogP contribution in [0.5, 0.6) is 0 Å². The molecule has 0 atom stereocenters. The quantitative estimate of drug-likeness (QED) is 0.238. The summed E-state index contributed by atoms with van der Waals surface area (Å²) in [6, 6.07) is 21.7. The Morgan fingerprint density at radius 1 is 1.03 bits per heavy atom. The molecule has 3 aromatic carbocycles. The average molecular weight is 494 g/mol. The van der Waals surface area contributed by atoms with E-state index in [-0.39, 0.29) is 17.4 Å². The number of nitrogens with zero attached hydrogens (tertiary/aromatic N) is 3. The fourth-order valence-electron chi connectivity index (χ4n) is 4.60. The Labute approximate surface area is 212 Å². The molecule has 0 saturated carbocycles. The van der Waals surface area contributed by atoms with Gasteiger partial charge in [0, 0.05) is 40.3 Å².